The van der Waals surface area contributed by atoms with E-state index in [4.69, 9.17) is 23.2 Å². The van der Waals surface area contributed by atoms with Crippen molar-refractivity contribution < 1.29 is 4.79 Å². The van der Waals surface area contributed by atoms with E-state index in [2.05, 4.69) is 15.5 Å². The Morgan fingerprint density at radius 3 is 2.84 bits per heavy atom. The number of aromatic nitrogens is 2. The van der Waals surface area contributed by atoms with Crippen LogP contribution in [0, 0.1) is 0 Å². The Morgan fingerprint density at radius 2 is 2.11 bits per heavy atom. The molecule has 1 N–H and O–H groups in total. The van der Waals surface area contributed by atoms with E-state index in [1.807, 2.05) is 18.2 Å². The van der Waals surface area contributed by atoms with E-state index < -0.39 is 0 Å². The number of rotatable bonds is 5. The number of amides is 1. The number of carbonyl (C=O) groups excluding carboxylic acids is 1. The summed E-state index contributed by atoms with van der Waals surface area (Å²) >= 11 is 12.9. The minimum absolute atomic E-state index is 0.109. The predicted molar refractivity (Wildman–Crippen MR) is 78.9 cm³/mol. The van der Waals surface area contributed by atoms with Crippen molar-refractivity contribution in [3.05, 3.63) is 29.3 Å². The third kappa shape index (κ3) is 3.89. The second-order valence-corrected chi connectivity index (χ2v) is 5.50. The van der Waals surface area contributed by atoms with E-state index in [1.54, 1.807) is 6.07 Å². The summed E-state index contributed by atoms with van der Waals surface area (Å²) in [6.45, 7) is 0. The van der Waals surface area contributed by atoms with Gasteiger partial charge in [0, 0.05) is 17.9 Å². The minimum Gasteiger partial charge on any atom is -0.301 e. The highest BCUT2D eigenvalue weighted by Crippen LogP contribution is 2.31. The fraction of sp³-hybridized carbons (Fsp3) is 0.250. The molecule has 7 heteroatoms. The number of anilines is 1. The first kappa shape index (κ1) is 14.2. The van der Waals surface area contributed by atoms with E-state index in [1.165, 1.54) is 11.3 Å². The van der Waals surface area contributed by atoms with Crippen LogP contribution in [0.5, 0.6) is 0 Å². The maximum atomic E-state index is 11.5. The lowest BCUT2D eigenvalue weighted by Crippen LogP contribution is -2.10. The van der Waals surface area contributed by atoms with Gasteiger partial charge in [0.05, 0.1) is 5.02 Å². The maximum Gasteiger partial charge on any atom is 0.226 e. The monoisotopic (exact) mass is 315 g/mol. The van der Waals surface area contributed by atoms with Crippen molar-refractivity contribution >= 4 is 45.6 Å². The number of nitrogens with zero attached hydrogens (tertiary/aromatic N) is 2. The Hall–Kier alpha value is -1.17. The zero-order valence-electron chi connectivity index (χ0n) is 9.90. The van der Waals surface area contributed by atoms with Gasteiger partial charge in [0.25, 0.3) is 0 Å². The van der Waals surface area contributed by atoms with Crippen LogP contribution >= 0.6 is 34.5 Å². The zero-order chi connectivity index (χ0) is 13.7. The highest BCUT2D eigenvalue weighted by Gasteiger charge is 2.11. The molecule has 0 fully saturated rings. The summed E-state index contributed by atoms with van der Waals surface area (Å²) in [6, 6.07) is 7.38. The van der Waals surface area contributed by atoms with Crippen molar-refractivity contribution in [2.24, 2.45) is 0 Å². The average Bonchev–Trinajstić information content (AvgIpc) is 2.85. The number of nitrogens with one attached hydrogen (secondary N) is 1. The molecule has 0 saturated heterocycles. The van der Waals surface area contributed by atoms with Crippen molar-refractivity contribution in [2.45, 2.75) is 12.8 Å². The summed E-state index contributed by atoms with van der Waals surface area (Å²) in [7, 11) is 0. The first-order chi connectivity index (χ1) is 9.20. The van der Waals surface area contributed by atoms with Crippen LogP contribution in [0.3, 0.4) is 0 Å². The van der Waals surface area contributed by atoms with E-state index in [-0.39, 0.29) is 5.91 Å². The van der Waals surface area contributed by atoms with E-state index in [9.17, 15) is 4.79 Å². The number of benzene rings is 1. The lowest BCUT2D eigenvalue weighted by molar-refractivity contribution is -0.116. The third-order valence-corrected chi connectivity index (χ3v) is 3.78. The molecule has 0 radical (unpaired) electrons. The highest BCUT2D eigenvalue weighted by atomic mass is 35.5. The summed E-state index contributed by atoms with van der Waals surface area (Å²) in [4.78, 5) is 11.5. The summed E-state index contributed by atoms with van der Waals surface area (Å²) < 4.78 is 0. The van der Waals surface area contributed by atoms with Crippen LogP contribution in [0.4, 0.5) is 5.13 Å². The normalized spacial score (nSPS) is 10.4. The summed E-state index contributed by atoms with van der Waals surface area (Å²) in [5, 5.41) is 12.4. The smallest absolute Gasteiger partial charge is 0.226 e. The number of hydrogen-bond donors (Lipinski definition) is 1. The lowest BCUT2D eigenvalue weighted by Gasteiger charge is -1.98. The molecule has 0 unspecified atom stereocenters. The van der Waals surface area contributed by atoms with Gasteiger partial charge in [-0.25, -0.2) is 0 Å². The van der Waals surface area contributed by atoms with Crippen LogP contribution < -0.4 is 5.32 Å². The Bertz CT molecular complexity index is 574. The highest BCUT2D eigenvalue weighted by molar-refractivity contribution is 7.18. The topological polar surface area (TPSA) is 54.9 Å². The molecule has 1 amide bonds. The molecule has 100 valence electrons. The number of hydrogen-bond acceptors (Lipinski definition) is 4. The number of carbonyl (C=O) groups is 1. The van der Waals surface area contributed by atoms with Gasteiger partial charge < -0.3 is 5.32 Å². The first-order valence-electron chi connectivity index (χ1n) is 5.65. The molecule has 4 nitrogen and oxygen atoms in total. The molecule has 0 aliphatic rings. The SMILES string of the molecule is O=C(CCCCl)Nc1nnc(-c2ccccc2Cl)s1. The van der Waals surface area contributed by atoms with Gasteiger partial charge in [-0.15, -0.1) is 21.8 Å². The molecule has 19 heavy (non-hydrogen) atoms. The van der Waals surface area contributed by atoms with Gasteiger partial charge in [0.1, 0.15) is 0 Å². The van der Waals surface area contributed by atoms with Crippen molar-refractivity contribution in [2.75, 3.05) is 11.2 Å². The summed E-state index contributed by atoms with van der Waals surface area (Å²) in [5.41, 5.74) is 0.808. The standard InChI is InChI=1S/C12H11Cl2N3OS/c13-7-3-6-10(18)15-12-17-16-11(19-12)8-4-1-2-5-9(8)14/h1-2,4-5H,3,6-7H2,(H,15,17,18). The number of halogens is 2. The maximum absolute atomic E-state index is 11.5. The van der Waals surface area contributed by atoms with Crippen LogP contribution in [0.2, 0.25) is 5.02 Å². The van der Waals surface area contributed by atoms with Crippen LogP contribution in [-0.2, 0) is 4.79 Å². The second-order valence-electron chi connectivity index (χ2n) is 3.73. The molecule has 1 aromatic heterocycles. The molecule has 2 aromatic rings. The third-order valence-electron chi connectivity index (χ3n) is 2.31. The first-order valence-corrected chi connectivity index (χ1v) is 7.38. The molecule has 1 heterocycles. The van der Waals surface area contributed by atoms with Gasteiger partial charge in [0.15, 0.2) is 5.01 Å². The van der Waals surface area contributed by atoms with Gasteiger partial charge in [-0.1, -0.05) is 41.1 Å². The molecule has 0 spiro atoms. The number of alkyl halides is 1. The Labute approximate surface area is 124 Å². The van der Waals surface area contributed by atoms with Crippen molar-refractivity contribution in [3.63, 3.8) is 0 Å². The van der Waals surface area contributed by atoms with E-state index >= 15 is 0 Å². The molecule has 0 aliphatic carbocycles. The minimum atomic E-state index is -0.109. The molecule has 0 atom stereocenters. The van der Waals surface area contributed by atoms with Crippen molar-refractivity contribution in [1.82, 2.24) is 10.2 Å². The van der Waals surface area contributed by atoms with Gasteiger partial charge >= 0.3 is 0 Å². The molecule has 0 aliphatic heterocycles. The van der Waals surface area contributed by atoms with Gasteiger partial charge in [-0.2, -0.15) is 0 Å². The molecule has 1 aromatic carbocycles. The average molecular weight is 316 g/mol. The quantitative estimate of drug-likeness (QED) is 0.853. The molecule has 0 saturated carbocycles. The fourth-order valence-corrected chi connectivity index (χ4v) is 2.64. The van der Waals surface area contributed by atoms with E-state index in [0.717, 1.165) is 5.56 Å². The Morgan fingerprint density at radius 1 is 1.32 bits per heavy atom. The largest absolute Gasteiger partial charge is 0.301 e. The fourth-order valence-electron chi connectivity index (χ4n) is 1.43. The van der Waals surface area contributed by atoms with Crippen LogP contribution in [-0.4, -0.2) is 22.0 Å². The summed E-state index contributed by atoms with van der Waals surface area (Å²) in [6.07, 6.45) is 1.02. The molecule has 2 rings (SSSR count). The summed E-state index contributed by atoms with van der Waals surface area (Å²) in [5.74, 6) is 0.358. The van der Waals surface area contributed by atoms with Crippen molar-refractivity contribution in [1.29, 1.82) is 0 Å². The Balaban J connectivity index is 2.07. The predicted octanol–water partition coefficient (Wildman–Crippen LogP) is 3.82. The molecule has 0 bridgehead atoms. The lowest BCUT2D eigenvalue weighted by atomic mass is 10.2. The Kier molecular flexibility index (Phi) is 5.13. The van der Waals surface area contributed by atoms with Gasteiger partial charge in [-0.05, 0) is 12.5 Å². The second kappa shape index (κ2) is 6.84. The van der Waals surface area contributed by atoms with Crippen LogP contribution in [0.1, 0.15) is 12.8 Å². The van der Waals surface area contributed by atoms with E-state index in [0.29, 0.717) is 33.9 Å². The van der Waals surface area contributed by atoms with Crippen molar-refractivity contribution in [3.8, 4) is 10.6 Å². The van der Waals surface area contributed by atoms with Gasteiger partial charge in [0.2, 0.25) is 11.0 Å². The molecular formula is C12H11Cl2N3OS. The van der Waals surface area contributed by atoms with Crippen LogP contribution in [0.25, 0.3) is 10.6 Å². The van der Waals surface area contributed by atoms with Gasteiger partial charge in [-0.3, -0.25) is 4.79 Å². The zero-order valence-corrected chi connectivity index (χ0v) is 12.2. The molecular weight excluding hydrogens is 305 g/mol. The van der Waals surface area contributed by atoms with Crippen LogP contribution in [0.15, 0.2) is 24.3 Å².